The average Bonchev–Trinajstić information content (AvgIpc) is 2.18. The minimum Gasteiger partial charge on any atom is -0.481 e. The molecule has 0 saturated carbocycles. The van der Waals surface area contributed by atoms with Crippen molar-refractivity contribution in [2.24, 2.45) is 0 Å². The van der Waals surface area contributed by atoms with E-state index in [9.17, 15) is 4.79 Å². The van der Waals surface area contributed by atoms with Gasteiger partial charge in [0.1, 0.15) is 11.3 Å². The molecule has 0 atom stereocenters. The van der Waals surface area contributed by atoms with Crippen LogP contribution in [0, 0.1) is 6.92 Å². The Morgan fingerprint density at radius 3 is 2.65 bits per heavy atom. The Morgan fingerprint density at radius 1 is 1.47 bits per heavy atom. The highest BCUT2D eigenvalue weighted by atomic mass is 16.4. The summed E-state index contributed by atoms with van der Waals surface area (Å²) in [5.41, 5.74) is 5.68. The zero-order chi connectivity index (χ0) is 13.0. The number of carboxylic acids is 1. The summed E-state index contributed by atoms with van der Waals surface area (Å²) in [5.74, 6) is -0.227. The van der Waals surface area contributed by atoms with E-state index in [1.165, 1.54) is 6.20 Å². The quantitative estimate of drug-likeness (QED) is 0.572. The molecule has 4 N–H and O–H groups in total. The lowest BCUT2D eigenvalue weighted by molar-refractivity contribution is -0.134. The second kappa shape index (κ2) is 5.01. The van der Waals surface area contributed by atoms with Gasteiger partial charge in [-0.05, 0) is 6.92 Å². The number of hydrogen-bond acceptors (Lipinski definition) is 6. The van der Waals surface area contributed by atoms with Crippen LogP contribution in [0.3, 0.4) is 0 Å². The Labute approximate surface area is 95.5 Å². The summed E-state index contributed by atoms with van der Waals surface area (Å²) in [4.78, 5) is 34.4. The van der Waals surface area contributed by atoms with Crippen LogP contribution in [0.2, 0.25) is 0 Å². The summed E-state index contributed by atoms with van der Waals surface area (Å²) in [6.07, 6.45) is 1.48. The number of H-pyrrole nitrogens is 1. The molecule has 0 radical (unpaired) electrons. The van der Waals surface area contributed by atoms with Crippen LogP contribution in [0.1, 0.15) is 12.7 Å². The van der Waals surface area contributed by atoms with Gasteiger partial charge in [0.25, 0.3) is 11.5 Å². The second-order valence-corrected chi connectivity index (χ2v) is 3.12. The van der Waals surface area contributed by atoms with Crippen molar-refractivity contribution >= 4 is 23.0 Å². The molecule has 0 amide bonds. The zero-order valence-corrected chi connectivity index (χ0v) is 9.26. The number of anilines is 1. The molecular weight excluding hydrogens is 226 g/mol. The Hall–Kier alpha value is -2.51. The number of aromatic amines is 1. The monoisotopic (exact) mass is 237 g/mol. The minimum atomic E-state index is -0.833. The van der Waals surface area contributed by atoms with Crippen molar-refractivity contribution in [1.82, 2.24) is 19.9 Å². The molecule has 2 aromatic heterocycles. The molecule has 2 aromatic rings. The summed E-state index contributed by atoms with van der Waals surface area (Å²) >= 11 is 0. The number of fused-ring (bicyclic) bond motifs is 1. The van der Waals surface area contributed by atoms with Crippen molar-refractivity contribution < 1.29 is 9.90 Å². The molecule has 90 valence electrons. The molecule has 0 unspecified atom stereocenters. The van der Waals surface area contributed by atoms with E-state index in [-0.39, 0.29) is 17.0 Å². The molecule has 0 aliphatic rings. The largest absolute Gasteiger partial charge is 0.481 e. The Balaban J connectivity index is 0.000000317. The standard InChI is InChI=1S/C7H7N5O.C2H4O2/c1-3-9-2-4-5(10-3)6(13)12-7(8)11-4;1-2(3)4/h2H,1H3,(H3,8,11,12,13);1H3,(H,3,4). The first-order chi connectivity index (χ1) is 7.90. The van der Waals surface area contributed by atoms with Crippen LogP contribution in [0.5, 0.6) is 0 Å². The molecular formula is C9H11N5O3. The number of nitrogens with one attached hydrogen (secondary N) is 1. The number of hydrogen-bond donors (Lipinski definition) is 3. The predicted molar refractivity (Wildman–Crippen MR) is 60.4 cm³/mol. The summed E-state index contributed by atoms with van der Waals surface area (Å²) in [6.45, 7) is 2.79. The smallest absolute Gasteiger partial charge is 0.300 e. The van der Waals surface area contributed by atoms with E-state index < -0.39 is 5.97 Å². The second-order valence-electron chi connectivity index (χ2n) is 3.12. The molecule has 0 saturated heterocycles. The topological polar surface area (TPSA) is 135 Å². The molecule has 0 bridgehead atoms. The molecule has 8 heteroatoms. The third-order valence-electron chi connectivity index (χ3n) is 1.59. The number of aromatic nitrogens is 4. The first-order valence-corrected chi connectivity index (χ1v) is 4.59. The Kier molecular flexibility index (Phi) is 3.70. The molecule has 0 aliphatic carbocycles. The van der Waals surface area contributed by atoms with E-state index in [1.807, 2.05) is 0 Å². The first kappa shape index (κ1) is 12.6. The van der Waals surface area contributed by atoms with E-state index in [4.69, 9.17) is 15.6 Å². The van der Waals surface area contributed by atoms with Crippen molar-refractivity contribution in [3.63, 3.8) is 0 Å². The highest BCUT2D eigenvalue weighted by molar-refractivity contribution is 5.72. The maximum Gasteiger partial charge on any atom is 0.300 e. The van der Waals surface area contributed by atoms with Crippen LogP contribution in [0.25, 0.3) is 11.0 Å². The average molecular weight is 237 g/mol. The van der Waals surface area contributed by atoms with Crippen LogP contribution < -0.4 is 11.3 Å². The van der Waals surface area contributed by atoms with Crippen molar-refractivity contribution in [3.8, 4) is 0 Å². The van der Waals surface area contributed by atoms with Crippen LogP contribution in [-0.2, 0) is 4.79 Å². The summed E-state index contributed by atoms with van der Waals surface area (Å²) in [7, 11) is 0. The Morgan fingerprint density at radius 2 is 2.06 bits per heavy atom. The summed E-state index contributed by atoms with van der Waals surface area (Å²) in [5, 5.41) is 7.42. The van der Waals surface area contributed by atoms with Gasteiger partial charge in [-0.3, -0.25) is 14.6 Å². The zero-order valence-electron chi connectivity index (χ0n) is 9.26. The third kappa shape index (κ3) is 3.52. The number of nitrogens with two attached hydrogens (primary N) is 1. The van der Waals surface area contributed by atoms with Gasteiger partial charge < -0.3 is 10.8 Å². The van der Waals surface area contributed by atoms with Crippen LogP contribution in [0.4, 0.5) is 5.95 Å². The normalized spacial score (nSPS) is 9.53. The van der Waals surface area contributed by atoms with Gasteiger partial charge in [0.2, 0.25) is 5.95 Å². The van der Waals surface area contributed by atoms with Gasteiger partial charge in [0.05, 0.1) is 6.20 Å². The molecule has 17 heavy (non-hydrogen) atoms. The fraction of sp³-hybridized carbons (Fsp3) is 0.222. The van der Waals surface area contributed by atoms with Crippen molar-refractivity contribution in [2.45, 2.75) is 13.8 Å². The van der Waals surface area contributed by atoms with E-state index in [0.717, 1.165) is 6.92 Å². The number of nitrogens with zero attached hydrogens (tertiary/aromatic N) is 3. The fourth-order valence-corrected chi connectivity index (χ4v) is 1.05. The van der Waals surface area contributed by atoms with Gasteiger partial charge in [0.15, 0.2) is 5.52 Å². The summed E-state index contributed by atoms with van der Waals surface area (Å²) in [6, 6.07) is 0. The van der Waals surface area contributed by atoms with Crippen LogP contribution in [-0.4, -0.2) is 31.0 Å². The lowest BCUT2D eigenvalue weighted by Gasteiger charge is -1.97. The molecule has 2 rings (SSSR count). The number of aliphatic carboxylic acids is 1. The lowest BCUT2D eigenvalue weighted by Crippen LogP contribution is -2.13. The Bertz CT molecular complexity index is 603. The van der Waals surface area contributed by atoms with Gasteiger partial charge in [-0.25, -0.2) is 15.0 Å². The molecule has 2 heterocycles. The highest BCUT2D eigenvalue weighted by Gasteiger charge is 2.03. The third-order valence-corrected chi connectivity index (χ3v) is 1.59. The van der Waals surface area contributed by atoms with Gasteiger partial charge >= 0.3 is 0 Å². The number of rotatable bonds is 0. The van der Waals surface area contributed by atoms with E-state index in [2.05, 4.69) is 19.9 Å². The van der Waals surface area contributed by atoms with Crippen LogP contribution >= 0.6 is 0 Å². The minimum absolute atomic E-state index is 0.0740. The molecule has 0 aromatic carbocycles. The van der Waals surface area contributed by atoms with Gasteiger partial charge in [0, 0.05) is 6.92 Å². The fourth-order valence-electron chi connectivity index (χ4n) is 1.05. The summed E-state index contributed by atoms with van der Waals surface area (Å²) < 4.78 is 0. The lowest BCUT2D eigenvalue weighted by atomic mass is 10.4. The first-order valence-electron chi connectivity index (χ1n) is 4.59. The van der Waals surface area contributed by atoms with E-state index in [0.29, 0.717) is 11.3 Å². The van der Waals surface area contributed by atoms with Crippen molar-refractivity contribution in [3.05, 3.63) is 22.4 Å². The maximum atomic E-state index is 11.3. The number of nitrogen functional groups attached to an aromatic ring is 1. The van der Waals surface area contributed by atoms with Gasteiger partial charge in [-0.2, -0.15) is 0 Å². The maximum absolute atomic E-state index is 11.3. The predicted octanol–water partition coefficient (Wildman–Crippen LogP) is -0.305. The van der Waals surface area contributed by atoms with Gasteiger partial charge in [-0.15, -0.1) is 0 Å². The number of carbonyl (C=O) groups is 1. The molecule has 0 spiro atoms. The molecule has 8 nitrogen and oxygen atoms in total. The SMILES string of the molecule is CC(=O)O.Cc1ncc2nc(N)[nH]c(=O)c2n1. The highest BCUT2D eigenvalue weighted by Crippen LogP contribution is 2.02. The molecule has 0 aliphatic heterocycles. The molecule has 0 fully saturated rings. The van der Waals surface area contributed by atoms with Gasteiger partial charge in [-0.1, -0.05) is 0 Å². The number of carboxylic acid groups (broad SMARTS) is 1. The van der Waals surface area contributed by atoms with Crippen molar-refractivity contribution in [1.29, 1.82) is 0 Å². The number of aryl methyl sites for hydroxylation is 1. The van der Waals surface area contributed by atoms with Crippen LogP contribution in [0.15, 0.2) is 11.0 Å². The van der Waals surface area contributed by atoms with E-state index >= 15 is 0 Å². The van der Waals surface area contributed by atoms with E-state index in [1.54, 1.807) is 6.92 Å². The van der Waals surface area contributed by atoms with Crippen molar-refractivity contribution in [2.75, 3.05) is 5.73 Å².